The fourth-order valence-electron chi connectivity index (χ4n) is 2.19. The van der Waals surface area contributed by atoms with Crippen LogP contribution in [0.25, 0.3) is 0 Å². The van der Waals surface area contributed by atoms with Gasteiger partial charge in [-0.1, -0.05) is 58.2 Å². The van der Waals surface area contributed by atoms with Gasteiger partial charge in [0.05, 0.1) is 0 Å². The molecule has 0 nitrogen and oxygen atoms in total. The molecule has 0 rings (SSSR count). The van der Waals surface area contributed by atoms with Crippen LogP contribution in [0.2, 0.25) is 18.1 Å². The molecule has 0 aromatic heterocycles. The highest BCUT2D eigenvalue weighted by Gasteiger charge is 2.22. The topological polar surface area (TPSA) is 0 Å². The van der Waals surface area contributed by atoms with E-state index in [-0.39, 0.29) is 0 Å². The van der Waals surface area contributed by atoms with Crippen LogP contribution in [0.15, 0.2) is 0 Å². The smallest absolute Gasteiger partial charge is 0.0362 e. The molecule has 0 aromatic rings. The van der Waals surface area contributed by atoms with Crippen LogP contribution in [0.5, 0.6) is 0 Å². The first-order valence-corrected chi connectivity index (χ1v) is 11.3. The zero-order chi connectivity index (χ0) is 8.74. The number of hydrogen-bond acceptors (Lipinski definition) is 0. The Hall–Kier alpha value is 0.434. The van der Waals surface area contributed by atoms with Crippen molar-refractivity contribution >= 4 is 17.4 Å². The minimum absolute atomic E-state index is 0.611. The van der Waals surface area contributed by atoms with Gasteiger partial charge in [0.25, 0.3) is 0 Å². The minimum Gasteiger partial charge on any atom is -0.0657 e. The third-order valence-electron chi connectivity index (χ3n) is 2.56. The average molecular weight is 188 g/mol. The molecule has 0 aromatic carbocycles. The van der Waals surface area contributed by atoms with Gasteiger partial charge in [-0.15, -0.1) is 0 Å². The summed E-state index contributed by atoms with van der Waals surface area (Å²) >= 11 is 0. The van der Waals surface area contributed by atoms with Crippen LogP contribution in [0.3, 0.4) is 0 Å². The van der Waals surface area contributed by atoms with Crippen LogP contribution in [-0.2, 0) is 0 Å². The van der Waals surface area contributed by atoms with E-state index < -0.39 is 7.59 Å². The van der Waals surface area contributed by atoms with E-state index in [4.69, 9.17) is 0 Å². The second-order valence-corrected chi connectivity index (χ2v) is 15.5. The predicted octanol–water partition coefficient (Wildman–Crippen LogP) is 2.53. The molecule has 0 bridgehead atoms. The highest BCUT2D eigenvalue weighted by Crippen LogP contribution is 2.21. The van der Waals surface area contributed by atoms with Crippen molar-refractivity contribution in [2.45, 2.75) is 58.2 Å². The Morgan fingerprint density at radius 2 is 1.09 bits per heavy atom. The molecule has 0 aliphatic carbocycles. The molecular weight excluding hydrogens is 164 g/mol. The van der Waals surface area contributed by atoms with Crippen molar-refractivity contribution in [2.75, 3.05) is 0 Å². The summed E-state index contributed by atoms with van der Waals surface area (Å²) in [5, 5.41) is 0. The van der Waals surface area contributed by atoms with Crippen LogP contribution in [0.4, 0.5) is 0 Å². The molecular formula is C9H24Si2. The Balaban J connectivity index is 3.79. The molecule has 0 amide bonds. The van der Waals surface area contributed by atoms with Crippen LogP contribution in [0, 0.1) is 0 Å². The van der Waals surface area contributed by atoms with E-state index in [2.05, 4.69) is 20.8 Å². The van der Waals surface area contributed by atoms with Gasteiger partial charge in [0.2, 0.25) is 0 Å². The SMILES string of the molecule is CCC[Si]([SiH3])(CCC)CCC. The second-order valence-electron chi connectivity index (χ2n) is 4.06. The first-order valence-electron chi connectivity index (χ1n) is 5.18. The molecule has 0 saturated heterocycles. The summed E-state index contributed by atoms with van der Waals surface area (Å²) < 4.78 is 0. The van der Waals surface area contributed by atoms with Gasteiger partial charge in [0.1, 0.15) is 0 Å². The predicted molar refractivity (Wildman–Crippen MR) is 61.0 cm³/mol. The van der Waals surface area contributed by atoms with Crippen LogP contribution in [0.1, 0.15) is 40.0 Å². The molecule has 0 spiro atoms. The Labute approximate surface area is 76.0 Å². The second kappa shape index (κ2) is 6.01. The first-order chi connectivity index (χ1) is 5.18. The summed E-state index contributed by atoms with van der Waals surface area (Å²) in [6.07, 6.45) is 4.32. The number of rotatable bonds is 6. The van der Waals surface area contributed by atoms with Gasteiger partial charge in [-0.3, -0.25) is 0 Å². The van der Waals surface area contributed by atoms with Gasteiger partial charge in [-0.2, -0.15) is 0 Å². The van der Waals surface area contributed by atoms with Crippen LogP contribution in [-0.4, -0.2) is 17.4 Å². The summed E-state index contributed by atoms with van der Waals surface area (Å²) in [7, 11) is 0.926. The zero-order valence-electron chi connectivity index (χ0n) is 8.74. The van der Waals surface area contributed by atoms with Gasteiger partial charge in [0.15, 0.2) is 0 Å². The van der Waals surface area contributed by atoms with Gasteiger partial charge in [0, 0.05) is 7.59 Å². The normalized spacial score (nSPS) is 12.3. The third kappa shape index (κ3) is 4.80. The number of hydrogen-bond donors (Lipinski definition) is 0. The van der Waals surface area contributed by atoms with Gasteiger partial charge >= 0.3 is 0 Å². The molecule has 0 saturated carbocycles. The average Bonchev–Trinajstić information content (AvgIpc) is 1.88. The van der Waals surface area contributed by atoms with Crippen LogP contribution >= 0.6 is 0 Å². The Morgan fingerprint density at radius 3 is 1.27 bits per heavy atom. The van der Waals surface area contributed by atoms with Gasteiger partial charge < -0.3 is 0 Å². The van der Waals surface area contributed by atoms with E-state index in [0.29, 0.717) is 0 Å². The molecule has 0 heterocycles. The fraction of sp³-hybridized carbons (Fsp3) is 1.00. The molecule has 2 heteroatoms. The van der Waals surface area contributed by atoms with Crippen molar-refractivity contribution in [1.82, 2.24) is 0 Å². The Kier molecular flexibility index (Phi) is 6.24. The zero-order valence-corrected chi connectivity index (χ0v) is 11.7. The van der Waals surface area contributed by atoms with E-state index >= 15 is 0 Å². The molecule has 0 aliphatic heterocycles. The summed E-state index contributed by atoms with van der Waals surface area (Å²) in [6, 6.07) is 4.84. The van der Waals surface area contributed by atoms with E-state index in [9.17, 15) is 0 Å². The van der Waals surface area contributed by atoms with E-state index in [1.807, 2.05) is 0 Å². The maximum Gasteiger partial charge on any atom is 0.0362 e. The van der Waals surface area contributed by atoms with Crippen molar-refractivity contribution in [1.29, 1.82) is 0 Å². The summed E-state index contributed by atoms with van der Waals surface area (Å²) in [6.45, 7) is 7.06. The lowest BCUT2D eigenvalue weighted by molar-refractivity contribution is 0.948. The molecule has 0 radical (unpaired) electrons. The van der Waals surface area contributed by atoms with Gasteiger partial charge in [-0.25, -0.2) is 0 Å². The van der Waals surface area contributed by atoms with Crippen molar-refractivity contribution in [3.8, 4) is 0 Å². The molecule has 11 heavy (non-hydrogen) atoms. The highest BCUT2D eigenvalue weighted by molar-refractivity contribution is 7.17. The van der Waals surface area contributed by atoms with Crippen molar-refractivity contribution in [3.05, 3.63) is 0 Å². The van der Waals surface area contributed by atoms with Crippen molar-refractivity contribution < 1.29 is 0 Å². The lowest BCUT2D eigenvalue weighted by atomic mass is 10.6. The van der Waals surface area contributed by atoms with E-state index in [0.717, 1.165) is 0 Å². The fourth-order valence-corrected chi connectivity index (χ4v) is 11.1. The summed E-state index contributed by atoms with van der Waals surface area (Å²) in [5.41, 5.74) is 0. The minimum atomic E-state index is -0.611. The van der Waals surface area contributed by atoms with Crippen molar-refractivity contribution in [2.24, 2.45) is 0 Å². The molecule has 0 atom stereocenters. The summed E-state index contributed by atoms with van der Waals surface area (Å²) in [5.74, 6) is 0. The molecule has 0 N–H and O–H groups in total. The monoisotopic (exact) mass is 188 g/mol. The van der Waals surface area contributed by atoms with E-state index in [1.54, 1.807) is 18.1 Å². The molecule has 0 unspecified atom stereocenters. The Morgan fingerprint density at radius 1 is 0.818 bits per heavy atom. The van der Waals surface area contributed by atoms with Crippen molar-refractivity contribution in [3.63, 3.8) is 0 Å². The van der Waals surface area contributed by atoms with Gasteiger partial charge in [-0.05, 0) is 9.76 Å². The quantitative estimate of drug-likeness (QED) is 0.562. The molecule has 0 fully saturated rings. The largest absolute Gasteiger partial charge is 0.0657 e. The maximum absolute atomic E-state index is 2.35. The van der Waals surface area contributed by atoms with E-state index in [1.165, 1.54) is 29.0 Å². The first kappa shape index (κ1) is 11.4. The third-order valence-corrected chi connectivity index (χ3v) is 12.2. The maximum atomic E-state index is 2.35. The highest BCUT2D eigenvalue weighted by atomic mass is 29.2. The standard InChI is InChI=1S/C9H24Si2/c1-4-7-11(10,8-5-2)9-6-3/h4-9H2,1-3,10H3. The molecule has 68 valence electrons. The lowest BCUT2D eigenvalue weighted by Gasteiger charge is -2.26. The lowest BCUT2D eigenvalue weighted by Crippen LogP contribution is -2.34. The molecule has 0 aliphatic rings. The summed E-state index contributed by atoms with van der Waals surface area (Å²) in [4.78, 5) is 0. The van der Waals surface area contributed by atoms with Crippen LogP contribution < -0.4 is 0 Å². The Bertz CT molecular complexity index is 74.5.